The van der Waals surface area contributed by atoms with E-state index in [2.05, 4.69) is 4.98 Å². The zero-order valence-corrected chi connectivity index (χ0v) is 15.3. The molecule has 0 unspecified atom stereocenters. The average molecular weight is 381 g/mol. The quantitative estimate of drug-likeness (QED) is 0.497. The summed E-state index contributed by atoms with van der Waals surface area (Å²) in [5, 5.41) is 0.799. The molecule has 2 aromatic heterocycles. The Kier molecular flexibility index (Phi) is 3.28. The van der Waals surface area contributed by atoms with Crippen LogP contribution in [0.15, 0.2) is 77.6 Å². The molecule has 6 heteroatoms. The first kappa shape index (κ1) is 15.9. The van der Waals surface area contributed by atoms with Gasteiger partial charge in [0.05, 0.1) is 16.9 Å². The van der Waals surface area contributed by atoms with Crippen molar-refractivity contribution in [3.8, 4) is 34.0 Å². The summed E-state index contributed by atoms with van der Waals surface area (Å²) in [5.41, 5.74) is 4.38. The van der Waals surface area contributed by atoms with Crippen LogP contribution in [0.1, 0.15) is 0 Å². The molecule has 1 aliphatic rings. The fourth-order valence-corrected chi connectivity index (χ4v) is 3.86. The van der Waals surface area contributed by atoms with Gasteiger partial charge in [-0.1, -0.05) is 60.7 Å². The maximum Gasteiger partial charge on any atom is 0.332 e. The van der Waals surface area contributed by atoms with Crippen LogP contribution in [0.4, 0.5) is 0 Å². The number of H-pyrrole nitrogens is 1. The fourth-order valence-electron chi connectivity index (χ4n) is 3.86. The molecule has 0 amide bonds. The number of hydrogen-bond donors (Lipinski definition) is 1. The van der Waals surface area contributed by atoms with Crippen LogP contribution in [0.25, 0.3) is 39.1 Å². The summed E-state index contributed by atoms with van der Waals surface area (Å²) in [6, 6.07) is 23.4. The van der Waals surface area contributed by atoms with Crippen LogP contribution in [0.3, 0.4) is 0 Å². The molecule has 3 aromatic carbocycles. The molecule has 0 atom stereocenters. The van der Waals surface area contributed by atoms with Gasteiger partial charge in [-0.25, -0.2) is 14.2 Å². The molecule has 0 saturated heterocycles. The Hall–Kier alpha value is -4.06. The third-order valence-corrected chi connectivity index (χ3v) is 5.17. The SMILES string of the molecule is O=c1[nH]c2cc3c(cc2c2nc(-c4ccccc4)c(-c4ccccc4)n12)OCO3. The first-order chi connectivity index (χ1) is 14.3. The number of fused-ring (bicyclic) bond motifs is 4. The smallest absolute Gasteiger partial charge is 0.332 e. The van der Waals surface area contributed by atoms with Gasteiger partial charge in [-0.15, -0.1) is 0 Å². The van der Waals surface area contributed by atoms with Gasteiger partial charge >= 0.3 is 5.69 Å². The summed E-state index contributed by atoms with van der Waals surface area (Å²) in [6.07, 6.45) is 0. The van der Waals surface area contributed by atoms with Gasteiger partial charge < -0.3 is 14.5 Å². The minimum atomic E-state index is -0.250. The Morgan fingerprint density at radius 3 is 2.24 bits per heavy atom. The van der Waals surface area contributed by atoms with Crippen molar-refractivity contribution in [2.45, 2.75) is 0 Å². The highest BCUT2D eigenvalue weighted by Gasteiger charge is 2.22. The average Bonchev–Trinajstić information content (AvgIpc) is 3.38. The van der Waals surface area contributed by atoms with Crippen LogP contribution >= 0.6 is 0 Å². The van der Waals surface area contributed by atoms with E-state index in [4.69, 9.17) is 14.5 Å². The van der Waals surface area contributed by atoms with Gasteiger partial charge in [0.25, 0.3) is 0 Å². The molecule has 5 aromatic rings. The number of nitrogens with zero attached hydrogens (tertiary/aromatic N) is 2. The van der Waals surface area contributed by atoms with E-state index >= 15 is 0 Å². The van der Waals surface area contributed by atoms with E-state index in [1.165, 1.54) is 0 Å². The molecule has 1 N–H and O–H groups in total. The summed E-state index contributed by atoms with van der Waals surface area (Å²) in [4.78, 5) is 21.0. The molecule has 1 aliphatic heterocycles. The molecule has 0 aliphatic carbocycles. The molecule has 6 rings (SSSR count). The number of hydrogen-bond acceptors (Lipinski definition) is 4. The van der Waals surface area contributed by atoms with E-state index in [1.54, 1.807) is 10.5 Å². The second-order valence-corrected chi connectivity index (χ2v) is 6.88. The second-order valence-electron chi connectivity index (χ2n) is 6.88. The van der Waals surface area contributed by atoms with Crippen LogP contribution in [-0.4, -0.2) is 21.2 Å². The van der Waals surface area contributed by atoms with Crippen LogP contribution in [-0.2, 0) is 0 Å². The molecule has 0 spiro atoms. The molecule has 0 radical (unpaired) electrons. The lowest BCUT2D eigenvalue weighted by Gasteiger charge is -2.06. The van der Waals surface area contributed by atoms with Gasteiger partial charge in [-0.05, 0) is 6.07 Å². The molecule has 140 valence electrons. The van der Waals surface area contributed by atoms with E-state index in [-0.39, 0.29) is 12.5 Å². The fraction of sp³-hybridized carbons (Fsp3) is 0.0435. The number of nitrogens with one attached hydrogen (secondary N) is 1. The summed E-state index contributed by atoms with van der Waals surface area (Å²) in [7, 11) is 0. The molecule has 6 nitrogen and oxygen atoms in total. The molecule has 0 fully saturated rings. The van der Waals surface area contributed by atoms with Crippen molar-refractivity contribution in [3.63, 3.8) is 0 Å². The molecular weight excluding hydrogens is 366 g/mol. The van der Waals surface area contributed by atoms with Gasteiger partial charge in [0.1, 0.15) is 0 Å². The molecule has 0 saturated carbocycles. The Labute approximate surface area is 165 Å². The zero-order chi connectivity index (χ0) is 19.4. The van der Waals surface area contributed by atoms with E-state index in [9.17, 15) is 4.79 Å². The number of benzene rings is 3. The van der Waals surface area contributed by atoms with Crippen LogP contribution in [0.2, 0.25) is 0 Å². The largest absolute Gasteiger partial charge is 0.454 e. The monoisotopic (exact) mass is 381 g/mol. The molecule has 0 bridgehead atoms. The van der Waals surface area contributed by atoms with Crippen molar-refractivity contribution in [2.24, 2.45) is 0 Å². The summed E-state index contributed by atoms with van der Waals surface area (Å²) < 4.78 is 12.6. The third-order valence-electron chi connectivity index (χ3n) is 5.17. The number of ether oxygens (including phenoxy) is 2. The standard InChI is InChI=1S/C23H15N3O3/c27-23-24-17-12-19-18(28-13-29-19)11-16(17)22-25-20(14-7-3-1-4-8-14)21(26(22)23)15-9-5-2-6-10-15/h1-12H,13H2,(H,24,27). The van der Waals surface area contributed by atoms with Crippen LogP contribution in [0.5, 0.6) is 11.5 Å². The van der Waals surface area contributed by atoms with Gasteiger partial charge in [0.2, 0.25) is 6.79 Å². The first-order valence-corrected chi connectivity index (χ1v) is 9.28. The lowest BCUT2D eigenvalue weighted by atomic mass is 10.1. The maximum absolute atomic E-state index is 13.1. The molecule has 3 heterocycles. The maximum atomic E-state index is 13.1. The Morgan fingerprint density at radius 1 is 0.862 bits per heavy atom. The predicted octanol–water partition coefficient (Wildman–Crippen LogP) is 4.24. The third kappa shape index (κ3) is 2.36. The normalized spacial score (nSPS) is 12.7. The first-order valence-electron chi connectivity index (χ1n) is 9.28. The lowest BCUT2D eigenvalue weighted by molar-refractivity contribution is 0.174. The number of aromatic amines is 1. The minimum absolute atomic E-state index is 0.172. The molecular formula is C23H15N3O3. The number of aromatic nitrogens is 3. The summed E-state index contributed by atoms with van der Waals surface area (Å²) in [5.74, 6) is 1.27. The van der Waals surface area contributed by atoms with E-state index < -0.39 is 0 Å². The van der Waals surface area contributed by atoms with Crippen LogP contribution in [0, 0.1) is 0 Å². The van der Waals surface area contributed by atoms with Crippen molar-refractivity contribution in [2.75, 3.05) is 6.79 Å². The highest BCUT2D eigenvalue weighted by Crippen LogP contribution is 2.38. The lowest BCUT2D eigenvalue weighted by Crippen LogP contribution is -2.17. The van der Waals surface area contributed by atoms with Gasteiger partial charge in [-0.3, -0.25) is 0 Å². The Balaban J connectivity index is 1.78. The summed E-state index contributed by atoms with van der Waals surface area (Å²) >= 11 is 0. The van der Waals surface area contributed by atoms with Crippen molar-refractivity contribution < 1.29 is 9.47 Å². The van der Waals surface area contributed by atoms with Crippen molar-refractivity contribution in [1.29, 1.82) is 0 Å². The predicted molar refractivity (Wildman–Crippen MR) is 110 cm³/mol. The zero-order valence-electron chi connectivity index (χ0n) is 15.3. The Bertz CT molecular complexity index is 1440. The molecule has 29 heavy (non-hydrogen) atoms. The highest BCUT2D eigenvalue weighted by atomic mass is 16.7. The van der Waals surface area contributed by atoms with Crippen molar-refractivity contribution >= 4 is 16.6 Å². The van der Waals surface area contributed by atoms with Crippen molar-refractivity contribution in [1.82, 2.24) is 14.4 Å². The van der Waals surface area contributed by atoms with E-state index in [1.807, 2.05) is 66.7 Å². The van der Waals surface area contributed by atoms with Crippen molar-refractivity contribution in [3.05, 3.63) is 83.3 Å². The van der Waals surface area contributed by atoms with E-state index in [0.29, 0.717) is 22.7 Å². The van der Waals surface area contributed by atoms with E-state index in [0.717, 1.165) is 27.9 Å². The number of imidazole rings is 1. The Morgan fingerprint density at radius 2 is 1.52 bits per heavy atom. The van der Waals surface area contributed by atoms with Gasteiger partial charge in [-0.2, -0.15) is 0 Å². The van der Waals surface area contributed by atoms with Crippen LogP contribution < -0.4 is 15.2 Å². The van der Waals surface area contributed by atoms with Gasteiger partial charge in [0.15, 0.2) is 17.1 Å². The topological polar surface area (TPSA) is 68.6 Å². The van der Waals surface area contributed by atoms with Gasteiger partial charge in [0, 0.05) is 22.6 Å². The summed E-state index contributed by atoms with van der Waals surface area (Å²) in [6.45, 7) is 0.172. The highest BCUT2D eigenvalue weighted by molar-refractivity contribution is 5.97. The minimum Gasteiger partial charge on any atom is -0.454 e. The second kappa shape index (κ2) is 5.97. The number of rotatable bonds is 2.